The van der Waals surface area contributed by atoms with Crippen molar-refractivity contribution in [2.75, 3.05) is 0 Å². The van der Waals surface area contributed by atoms with Crippen molar-refractivity contribution >= 4 is 32.6 Å². The smallest absolute Gasteiger partial charge is 0.294 e. The Kier molecular flexibility index (Phi) is 3.65. The molecular formula is C20H18FN3O3. The van der Waals surface area contributed by atoms with Gasteiger partial charge in [-0.25, -0.2) is 4.39 Å². The van der Waals surface area contributed by atoms with Gasteiger partial charge in [-0.15, -0.1) is 0 Å². The van der Waals surface area contributed by atoms with Gasteiger partial charge in [-0.3, -0.25) is 4.79 Å². The number of benzene rings is 2. The third-order valence-corrected chi connectivity index (χ3v) is 5.34. The third-order valence-electron chi connectivity index (χ3n) is 5.34. The first-order valence-electron chi connectivity index (χ1n) is 9.07. The Morgan fingerprint density at radius 2 is 1.93 bits per heavy atom. The van der Waals surface area contributed by atoms with Crippen LogP contribution in [0.1, 0.15) is 25.7 Å². The molecule has 3 N–H and O–H groups in total. The van der Waals surface area contributed by atoms with E-state index in [4.69, 9.17) is 4.74 Å². The molecule has 0 atom stereocenters. The number of hydrogen-bond donors (Lipinski definition) is 3. The van der Waals surface area contributed by atoms with Gasteiger partial charge in [0.05, 0.1) is 17.0 Å². The van der Waals surface area contributed by atoms with E-state index in [0.717, 1.165) is 12.8 Å². The van der Waals surface area contributed by atoms with Crippen LogP contribution < -0.4 is 10.3 Å². The van der Waals surface area contributed by atoms with Crippen LogP contribution in [0.15, 0.2) is 35.3 Å². The average molecular weight is 367 g/mol. The van der Waals surface area contributed by atoms with E-state index in [1.54, 1.807) is 18.3 Å². The molecule has 2 aromatic heterocycles. The summed E-state index contributed by atoms with van der Waals surface area (Å²) in [5.74, 6) is -0.404. The molecule has 1 aliphatic carbocycles. The van der Waals surface area contributed by atoms with Gasteiger partial charge in [-0.1, -0.05) is 0 Å². The summed E-state index contributed by atoms with van der Waals surface area (Å²) in [7, 11) is 0. The monoisotopic (exact) mass is 367 g/mol. The van der Waals surface area contributed by atoms with E-state index in [1.807, 2.05) is 0 Å². The van der Waals surface area contributed by atoms with Gasteiger partial charge < -0.3 is 19.8 Å². The first-order valence-corrected chi connectivity index (χ1v) is 9.07. The van der Waals surface area contributed by atoms with Gasteiger partial charge in [0.2, 0.25) is 0 Å². The van der Waals surface area contributed by atoms with Gasteiger partial charge in [0.25, 0.3) is 11.6 Å². The molecule has 6 nitrogen and oxygen atoms in total. The second-order valence-electron chi connectivity index (χ2n) is 7.10. The minimum atomic E-state index is -0.404. The number of aromatic nitrogens is 3. The molecule has 2 aromatic carbocycles. The van der Waals surface area contributed by atoms with E-state index in [0.29, 0.717) is 51.4 Å². The minimum absolute atomic E-state index is 0.00709. The number of ether oxygens (including phenoxy) is 1. The van der Waals surface area contributed by atoms with Crippen LogP contribution >= 0.6 is 0 Å². The molecule has 0 amide bonds. The molecule has 0 aliphatic heterocycles. The minimum Gasteiger partial charge on any atom is -0.461 e. The molecule has 138 valence electrons. The molecule has 0 unspecified atom stereocenters. The summed E-state index contributed by atoms with van der Waals surface area (Å²) >= 11 is 0. The van der Waals surface area contributed by atoms with Crippen LogP contribution in [0.3, 0.4) is 0 Å². The fraction of sp³-hybridized carbons (Fsp3) is 0.300. The highest BCUT2D eigenvalue weighted by Gasteiger charge is 2.23. The number of aromatic amines is 2. The SMILES string of the molecule is O=c1[nH]ccc2c3[nH]c(O[C@H]4CC[C@H](O)CC4)nc3c3ccc(F)cc3c12. The van der Waals surface area contributed by atoms with Gasteiger partial charge in [0.15, 0.2) is 0 Å². The summed E-state index contributed by atoms with van der Waals surface area (Å²) in [6.45, 7) is 0. The van der Waals surface area contributed by atoms with Gasteiger partial charge in [0.1, 0.15) is 17.4 Å². The van der Waals surface area contributed by atoms with Gasteiger partial charge in [-0.05, 0) is 49.9 Å². The number of nitrogens with zero attached hydrogens (tertiary/aromatic N) is 1. The number of pyridine rings is 1. The summed E-state index contributed by atoms with van der Waals surface area (Å²) in [6, 6.07) is 6.53. The number of rotatable bonds is 2. The van der Waals surface area contributed by atoms with Crippen molar-refractivity contribution in [1.82, 2.24) is 15.0 Å². The fourth-order valence-electron chi connectivity index (χ4n) is 4.00. The number of imidazole rings is 1. The maximum atomic E-state index is 13.9. The van der Waals surface area contributed by atoms with Crippen LogP contribution in [0.2, 0.25) is 0 Å². The van der Waals surface area contributed by atoms with Crippen LogP contribution in [0.4, 0.5) is 4.39 Å². The molecule has 4 aromatic rings. The van der Waals surface area contributed by atoms with Crippen LogP contribution in [-0.2, 0) is 0 Å². The van der Waals surface area contributed by atoms with Crippen molar-refractivity contribution in [1.29, 1.82) is 0 Å². The molecular weight excluding hydrogens is 349 g/mol. The highest BCUT2D eigenvalue weighted by molar-refractivity contribution is 6.23. The molecule has 1 aliphatic rings. The summed E-state index contributed by atoms with van der Waals surface area (Å²) in [4.78, 5) is 22.9. The predicted molar refractivity (Wildman–Crippen MR) is 101 cm³/mol. The third kappa shape index (κ3) is 2.66. The molecule has 5 rings (SSSR count). The Bertz CT molecular complexity index is 1220. The quantitative estimate of drug-likeness (QED) is 0.474. The Morgan fingerprint density at radius 3 is 2.74 bits per heavy atom. The molecule has 1 fully saturated rings. The Morgan fingerprint density at radius 1 is 1.11 bits per heavy atom. The van der Waals surface area contributed by atoms with Crippen LogP contribution in [0.25, 0.3) is 32.6 Å². The zero-order valence-corrected chi connectivity index (χ0v) is 14.5. The first-order chi connectivity index (χ1) is 13.1. The number of aliphatic hydroxyl groups is 1. The lowest BCUT2D eigenvalue weighted by atomic mass is 9.95. The van der Waals surface area contributed by atoms with Crippen molar-refractivity contribution in [2.45, 2.75) is 37.9 Å². The van der Waals surface area contributed by atoms with Gasteiger partial charge in [-0.2, -0.15) is 4.98 Å². The molecule has 27 heavy (non-hydrogen) atoms. The van der Waals surface area contributed by atoms with E-state index in [1.165, 1.54) is 12.1 Å². The zero-order chi connectivity index (χ0) is 18.5. The average Bonchev–Trinajstić information content (AvgIpc) is 3.07. The van der Waals surface area contributed by atoms with Gasteiger partial charge >= 0.3 is 0 Å². The number of H-pyrrole nitrogens is 2. The Balaban J connectivity index is 1.72. The summed E-state index contributed by atoms with van der Waals surface area (Å²) in [5.41, 5.74) is 1.07. The lowest BCUT2D eigenvalue weighted by Gasteiger charge is -2.24. The lowest BCUT2D eigenvalue weighted by Crippen LogP contribution is -2.26. The molecule has 7 heteroatoms. The van der Waals surface area contributed by atoms with Crippen molar-refractivity contribution in [2.24, 2.45) is 0 Å². The van der Waals surface area contributed by atoms with E-state index in [-0.39, 0.29) is 17.8 Å². The molecule has 2 heterocycles. The maximum absolute atomic E-state index is 13.9. The normalized spacial score (nSPS) is 20.5. The van der Waals surface area contributed by atoms with Crippen LogP contribution in [0, 0.1) is 5.82 Å². The standard InChI is InChI=1S/C20H18FN3O3/c21-10-1-6-13-15(9-10)16-14(7-8-22-19(16)26)18-17(13)23-20(24-18)27-12-4-2-11(25)3-5-12/h1,6-9,11-12,25H,2-5H2,(H,22,26)(H,23,24)/t11-,12-. The number of aliphatic hydroxyl groups excluding tert-OH is 1. The topological polar surface area (TPSA) is 91.0 Å². The Hall–Kier alpha value is -2.93. The second kappa shape index (κ2) is 6.06. The highest BCUT2D eigenvalue weighted by atomic mass is 19.1. The van der Waals surface area contributed by atoms with E-state index >= 15 is 0 Å². The van der Waals surface area contributed by atoms with Crippen molar-refractivity contribution < 1.29 is 14.2 Å². The van der Waals surface area contributed by atoms with Gasteiger partial charge in [0, 0.05) is 22.4 Å². The molecule has 0 bridgehead atoms. The highest BCUT2D eigenvalue weighted by Crippen LogP contribution is 2.34. The lowest BCUT2D eigenvalue weighted by molar-refractivity contribution is 0.0625. The van der Waals surface area contributed by atoms with Crippen LogP contribution in [0.5, 0.6) is 6.01 Å². The molecule has 0 spiro atoms. The van der Waals surface area contributed by atoms with E-state index < -0.39 is 5.82 Å². The summed E-state index contributed by atoms with van der Waals surface area (Å²) in [5, 5.41) is 12.0. The zero-order valence-electron chi connectivity index (χ0n) is 14.5. The number of fused-ring (bicyclic) bond motifs is 6. The van der Waals surface area contributed by atoms with Crippen molar-refractivity contribution in [3.8, 4) is 6.01 Å². The number of hydrogen-bond acceptors (Lipinski definition) is 4. The number of nitrogens with one attached hydrogen (secondary N) is 2. The number of halogens is 1. The molecule has 0 radical (unpaired) electrons. The summed E-state index contributed by atoms with van der Waals surface area (Å²) < 4.78 is 19.9. The molecule has 1 saturated carbocycles. The first kappa shape index (κ1) is 16.3. The predicted octanol–water partition coefficient (Wildman–Crippen LogP) is 3.38. The second-order valence-corrected chi connectivity index (χ2v) is 7.10. The maximum Gasteiger partial charge on any atom is 0.294 e. The van der Waals surface area contributed by atoms with Crippen molar-refractivity contribution in [3.63, 3.8) is 0 Å². The van der Waals surface area contributed by atoms with E-state index in [2.05, 4.69) is 15.0 Å². The summed E-state index contributed by atoms with van der Waals surface area (Å²) in [6.07, 6.45) is 4.27. The largest absolute Gasteiger partial charge is 0.461 e. The van der Waals surface area contributed by atoms with Crippen molar-refractivity contribution in [3.05, 3.63) is 46.6 Å². The van der Waals surface area contributed by atoms with E-state index in [9.17, 15) is 14.3 Å². The van der Waals surface area contributed by atoms with Crippen LogP contribution in [-0.4, -0.2) is 32.3 Å². The fourth-order valence-corrected chi connectivity index (χ4v) is 4.00. The molecule has 0 saturated heterocycles. The Labute approximate surface area is 153 Å².